The van der Waals surface area contributed by atoms with Crippen LogP contribution in [0, 0.1) is 0 Å². The monoisotopic (exact) mass is 246 g/mol. The molecule has 1 aromatic carbocycles. The average Bonchev–Trinajstić information content (AvgIpc) is 2.24. The Morgan fingerprint density at radius 3 is 2.47 bits per heavy atom. The lowest BCUT2D eigenvalue weighted by Crippen LogP contribution is -2.10. The zero-order chi connectivity index (χ0) is 13.1. The summed E-state index contributed by atoms with van der Waals surface area (Å²) in [6.07, 6.45) is -3.90. The van der Waals surface area contributed by atoms with E-state index in [0.29, 0.717) is 6.42 Å². The Bertz CT molecular complexity index is 411. The summed E-state index contributed by atoms with van der Waals surface area (Å²) in [6.45, 7) is 3.24. The summed E-state index contributed by atoms with van der Waals surface area (Å²) < 4.78 is 43.2. The number of rotatable bonds is 4. The van der Waals surface area contributed by atoms with Crippen LogP contribution in [0.4, 0.5) is 13.2 Å². The lowest BCUT2D eigenvalue weighted by Gasteiger charge is -2.14. The zero-order valence-corrected chi connectivity index (χ0v) is 9.60. The number of hydrogen-bond acceptors (Lipinski definition) is 2. The molecule has 0 radical (unpaired) electrons. The molecule has 0 N–H and O–H groups in total. The minimum Gasteiger partial charge on any atom is -0.493 e. The Morgan fingerprint density at radius 1 is 1.35 bits per heavy atom. The molecule has 2 nitrogen and oxygen atoms in total. The quantitative estimate of drug-likeness (QED) is 0.757. The number of halogens is 3. The molecule has 0 atom stereocenters. The first-order valence-electron chi connectivity index (χ1n) is 5.21. The fourth-order valence-corrected chi connectivity index (χ4v) is 1.31. The summed E-state index contributed by atoms with van der Waals surface area (Å²) in [5, 5.41) is 0. The molecule has 1 rings (SSSR count). The third kappa shape index (κ3) is 3.47. The molecule has 94 valence electrons. The van der Waals surface area contributed by atoms with Crippen molar-refractivity contribution in [3.8, 4) is 5.75 Å². The van der Waals surface area contributed by atoms with Crippen molar-refractivity contribution in [3.63, 3.8) is 0 Å². The number of benzene rings is 1. The van der Waals surface area contributed by atoms with E-state index in [1.807, 2.05) is 0 Å². The molecular formula is C12H13F3O2. The lowest BCUT2D eigenvalue weighted by atomic mass is 10.1. The van der Waals surface area contributed by atoms with Crippen LogP contribution in [0.5, 0.6) is 5.75 Å². The van der Waals surface area contributed by atoms with E-state index in [1.165, 1.54) is 19.1 Å². The molecule has 0 unspecified atom stereocenters. The number of alkyl halides is 3. The molecule has 0 amide bonds. The van der Waals surface area contributed by atoms with Crippen molar-refractivity contribution >= 4 is 5.78 Å². The standard InChI is InChI=1S/C12H13F3O2/c1-3-6-17-11-5-4-9(8(2)16)7-10(11)12(13,14)15/h4-5,7H,3,6H2,1-2H3. The van der Waals surface area contributed by atoms with Gasteiger partial charge in [-0.25, -0.2) is 0 Å². The number of ketones is 1. The highest BCUT2D eigenvalue weighted by molar-refractivity contribution is 5.94. The Morgan fingerprint density at radius 2 is 2.00 bits per heavy atom. The lowest BCUT2D eigenvalue weighted by molar-refractivity contribution is -0.138. The van der Waals surface area contributed by atoms with Crippen LogP contribution in [0.3, 0.4) is 0 Å². The molecule has 5 heteroatoms. The highest BCUT2D eigenvalue weighted by atomic mass is 19.4. The fourth-order valence-electron chi connectivity index (χ4n) is 1.31. The average molecular weight is 246 g/mol. The molecule has 0 heterocycles. The van der Waals surface area contributed by atoms with Gasteiger partial charge in [0.15, 0.2) is 5.78 Å². The van der Waals surface area contributed by atoms with Gasteiger partial charge in [-0.05, 0) is 31.5 Å². The molecule has 0 spiro atoms. The number of carbonyl (C=O) groups is 1. The van der Waals surface area contributed by atoms with Crippen molar-refractivity contribution in [1.82, 2.24) is 0 Å². The largest absolute Gasteiger partial charge is 0.493 e. The summed E-state index contributed by atoms with van der Waals surface area (Å²) in [6, 6.07) is 3.35. The first-order chi connectivity index (χ1) is 7.86. The SMILES string of the molecule is CCCOc1ccc(C(C)=O)cc1C(F)(F)F. The topological polar surface area (TPSA) is 26.3 Å². The van der Waals surface area contributed by atoms with Gasteiger partial charge < -0.3 is 4.74 Å². The Balaban J connectivity index is 3.17. The van der Waals surface area contributed by atoms with Crippen LogP contribution in [0.1, 0.15) is 36.2 Å². The van der Waals surface area contributed by atoms with Gasteiger partial charge >= 0.3 is 6.18 Å². The second kappa shape index (κ2) is 5.21. The highest BCUT2D eigenvalue weighted by Crippen LogP contribution is 2.36. The number of hydrogen-bond donors (Lipinski definition) is 0. The van der Waals surface area contributed by atoms with Gasteiger partial charge in [0.25, 0.3) is 0 Å². The molecular weight excluding hydrogens is 233 g/mol. The molecule has 0 bridgehead atoms. The summed E-state index contributed by atoms with van der Waals surface area (Å²) in [4.78, 5) is 11.0. The summed E-state index contributed by atoms with van der Waals surface area (Å²) in [5.74, 6) is -0.637. The van der Waals surface area contributed by atoms with Gasteiger partial charge in [0, 0.05) is 5.56 Å². The molecule has 0 aromatic heterocycles. The third-order valence-electron chi connectivity index (χ3n) is 2.15. The first kappa shape index (κ1) is 13.5. The minimum absolute atomic E-state index is 0.0289. The van der Waals surface area contributed by atoms with Gasteiger partial charge in [-0.3, -0.25) is 4.79 Å². The van der Waals surface area contributed by atoms with Crippen molar-refractivity contribution in [2.75, 3.05) is 6.61 Å². The molecule has 17 heavy (non-hydrogen) atoms. The van der Waals surface area contributed by atoms with E-state index in [0.717, 1.165) is 6.07 Å². The van der Waals surface area contributed by atoms with Crippen molar-refractivity contribution < 1.29 is 22.7 Å². The van der Waals surface area contributed by atoms with Crippen LogP contribution < -0.4 is 4.74 Å². The van der Waals surface area contributed by atoms with Crippen LogP contribution in [-0.2, 0) is 6.18 Å². The van der Waals surface area contributed by atoms with Crippen molar-refractivity contribution in [3.05, 3.63) is 29.3 Å². The van der Waals surface area contributed by atoms with Crippen LogP contribution in [-0.4, -0.2) is 12.4 Å². The smallest absolute Gasteiger partial charge is 0.419 e. The predicted molar refractivity (Wildman–Crippen MR) is 57.2 cm³/mol. The van der Waals surface area contributed by atoms with E-state index >= 15 is 0 Å². The molecule has 0 saturated heterocycles. The number of ether oxygens (including phenoxy) is 1. The van der Waals surface area contributed by atoms with E-state index in [4.69, 9.17) is 4.74 Å². The molecule has 0 aliphatic heterocycles. The summed E-state index contributed by atoms with van der Waals surface area (Å²) in [5.41, 5.74) is -0.875. The van der Waals surface area contributed by atoms with Crippen molar-refractivity contribution in [2.45, 2.75) is 26.4 Å². The maximum Gasteiger partial charge on any atom is 0.419 e. The van der Waals surface area contributed by atoms with Gasteiger partial charge in [0.2, 0.25) is 0 Å². The van der Waals surface area contributed by atoms with Crippen LogP contribution in [0.15, 0.2) is 18.2 Å². The Hall–Kier alpha value is -1.52. The molecule has 0 saturated carbocycles. The second-order valence-electron chi connectivity index (χ2n) is 3.61. The Labute approximate surface area is 97.4 Å². The Kier molecular flexibility index (Phi) is 4.15. The van der Waals surface area contributed by atoms with E-state index < -0.39 is 17.5 Å². The van der Waals surface area contributed by atoms with Crippen LogP contribution in [0.25, 0.3) is 0 Å². The third-order valence-corrected chi connectivity index (χ3v) is 2.15. The maximum atomic E-state index is 12.7. The second-order valence-corrected chi connectivity index (χ2v) is 3.61. The van der Waals surface area contributed by atoms with E-state index in [-0.39, 0.29) is 17.9 Å². The first-order valence-corrected chi connectivity index (χ1v) is 5.21. The minimum atomic E-state index is -4.52. The van der Waals surface area contributed by atoms with Crippen molar-refractivity contribution in [1.29, 1.82) is 0 Å². The number of Topliss-reactive ketones (excluding diaryl/α,β-unsaturated/α-hetero) is 1. The fraction of sp³-hybridized carbons (Fsp3) is 0.417. The van der Waals surface area contributed by atoms with Gasteiger partial charge in [0.1, 0.15) is 5.75 Å². The van der Waals surface area contributed by atoms with Crippen molar-refractivity contribution in [2.24, 2.45) is 0 Å². The van der Waals surface area contributed by atoms with Crippen LogP contribution in [0.2, 0.25) is 0 Å². The number of carbonyl (C=O) groups excluding carboxylic acids is 1. The molecule has 0 aliphatic carbocycles. The molecule has 1 aromatic rings. The van der Waals surface area contributed by atoms with E-state index in [1.54, 1.807) is 6.92 Å². The van der Waals surface area contributed by atoms with Gasteiger partial charge in [0.05, 0.1) is 12.2 Å². The van der Waals surface area contributed by atoms with E-state index in [2.05, 4.69) is 0 Å². The summed E-state index contributed by atoms with van der Waals surface area (Å²) in [7, 11) is 0. The van der Waals surface area contributed by atoms with E-state index in [9.17, 15) is 18.0 Å². The van der Waals surface area contributed by atoms with Gasteiger partial charge in [-0.15, -0.1) is 0 Å². The molecule has 0 aliphatic rings. The van der Waals surface area contributed by atoms with Gasteiger partial charge in [-0.1, -0.05) is 6.92 Å². The highest BCUT2D eigenvalue weighted by Gasteiger charge is 2.34. The predicted octanol–water partition coefficient (Wildman–Crippen LogP) is 3.70. The molecule has 0 fully saturated rings. The van der Waals surface area contributed by atoms with Crippen LogP contribution >= 0.6 is 0 Å². The maximum absolute atomic E-state index is 12.7. The zero-order valence-electron chi connectivity index (χ0n) is 9.60. The summed E-state index contributed by atoms with van der Waals surface area (Å²) >= 11 is 0. The normalized spacial score (nSPS) is 11.4. The van der Waals surface area contributed by atoms with Gasteiger partial charge in [-0.2, -0.15) is 13.2 Å².